The van der Waals surface area contributed by atoms with Crippen LogP contribution < -0.4 is 0 Å². The fourth-order valence-electron chi connectivity index (χ4n) is 4.48. The Morgan fingerprint density at radius 2 is 1.94 bits per heavy atom. The summed E-state index contributed by atoms with van der Waals surface area (Å²) in [6, 6.07) is 3.74. The van der Waals surface area contributed by atoms with Crippen molar-refractivity contribution >= 4 is 5.91 Å². The first-order chi connectivity index (χ1) is 14.9. The van der Waals surface area contributed by atoms with Crippen molar-refractivity contribution in [1.29, 1.82) is 0 Å². The summed E-state index contributed by atoms with van der Waals surface area (Å²) in [4.78, 5) is 22.7. The maximum absolute atomic E-state index is 13.2. The minimum atomic E-state index is -4.47. The molecule has 2 aromatic rings. The number of likely N-dealkylation sites (tertiary alicyclic amines) is 1. The van der Waals surface area contributed by atoms with Crippen LogP contribution in [0.5, 0.6) is 0 Å². The van der Waals surface area contributed by atoms with Gasteiger partial charge in [0.25, 0.3) is 5.89 Å². The third-order valence-electron chi connectivity index (χ3n) is 6.67. The van der Waals surface area contributed by atoms with Gasteiger partial charge in [0.05, 0.1) is 6.61 Å². The van der Waals surface area contributed by atoms with Crippen LogP contribution in [0.2, 0.25) is 0 Å². The number of alkyl halides is 3. The van der Waals surface area contributed by atoms with E-state index in [1.54, 1.807) is 6.20 Å². The molecule has 3 aliphatic rings. The lowest BCUT2D eigenvalue weighted by Gasteiger charge is -2.33. The third-order valence-corrected chi connectivity index (χ3v) is 6.67. The molecule has 0 spiro atoms. The Hall–Kier alpha value is -2.49. The smallest absolute Gasteiger partial charge is 0.381 e. The molecule has 31 heavy (non-hydrogen) atoms. The molecule has 0 aromatic carbocycles. The average molecular weight is 436 g/mol. The van der Waals surface area contributed by atoms with E-state index in [9.17, 15) is 18.0 Å². The molecule has 1 aliphatic carbocycles. The fourth-order valence-corrected chi connectivity index (χ4v) is 4.48. The molecular formula is C21H23F3N4O3. The number of carbonyl (C=O) groups is 1. The van der Waals surface area contributed by atoms with Gasteiger partial charge in [0, 0.05) is 49.0 Å². The number of pyridine rings is 1. The topological polar surface area (TPSA) is 81.4 Å². The molecule has 1 atom stereocenters. The summed E-state index contributed by atoms with van der Waals surface area (Å²) in [6.45, 7) is 1.92. The number of nitrogens with zero attached hydrogens (tertiary/aromatic N) is 4. The first-order valence-corrected chi connectivity index (χ1v) is 10.6. The molecule has 0 bridgehead atoms. The number of amides is 1. The van der Waals surface area contributed by atoms with Gasteiger partial charge >= 0.3 is 6.18 Å². The van der Waals surface area contributed by atoms with Crippen LogP contribution in [0.15, 0.2) is 22.9 Å². The first kappa shape index (κ1) is 20.4. The van der Waals surface area contributed by atoms with E-state index < -0.39 is 17.5 Å². The number of aromatic nitrogens is 3. The zero-order valence-corrected chi connectivity index (χ0v) is 16.9. The Kier molecular flexibility index (Phi) is 4.99. The first-order valence-electron chi connectivity index (χ1n) is 10.6. The van der Waals surface area contributed by atoms with Crippen molar-refractivity contribution in [2.45, 2.75) is 50.1 Å². The van der Waals surface area contributed by atoms with Gasteiger partial charge in [-0.15, -0.1) is 0 Å². The number of hydrogen-bond donors (Lipinski definition) is 0. The molecule has 1 unspecified atom stereocenters. The van der Waals surface area contributed by atoms with Gasteiger partial charge in [-0.25, -0.2) is 0 Å². The second-order valence-corrected chi connectivity index (χ2v) is 8.63. The van der Waals surface area contributed by atoms with E-state index >= 15 is 0 Å². The SMILES string of the molecule is O=C(N1CCC(c2noc(-c3ccnc(C4CCOC4)c3)n2)CC1)C1(C(F)(F)F)CC1. The van der Waals surface area contributed by atoms with E-state index in [2.05, 4.69) is 15.1 Å². The Balaban J connectivity index is 1.24. The summed E-state index contributed by atoms with van der Waals surface area (Å²) in [6.07, 6.45) is -1.02. The van der Waals surface area contributed by atoms with Crippen LogP contribution in [0, 0.1) is 5.41 Å². The molecule has 3 fully saturated rings. The van der Waals surface area contributed by atoms with Gasteiger partial charge in [0.2, 0.25) is 5.91 Å². The van der Waals surface area contributed by atoms with Crippen LogP contribution in [0.4, 0.5) is 13.2 Å². The number of rotatable bonds is 4. The van der Waals surface area contributed by atoms with Gasteiger partial charge in [-0.1, -0.05) is 5.16 Å². The number of ether oxygens (including phenoxy) is 1. The molecule has 7 nitrogen and oxygen atoms in total. The number of piperidine rings is 1. The van der Waals surface area contributed by atoms with Gasteiger partial charge < -0.3 is 14.2 Å². The second kappa shape index (κ2) is 7.58. The van der Waals surface area contributed by atoms with Crippen molar-refractivity contribution in [1.82, 2.24) is 20.0 Å². The Morgan fingerprint density at radius 1 is 1.16 bits per heavy atom. The van der Waals surface area contributed by atoms with Crippen LogP contribution in [0.3, 0.4) is 0 Å². The van der Waals surface area contributed by atoms with Crippen LogP contribution in [-0.2, 0) is 9.53 Å². The molecule has 4 heterocycles. The molecule has 2 saturated heterocycles. The summed E-state index contributed by atoms with van der Waals surface area (Å²) >= 11 is 0. The summed E-state index contributed by atoms with van der Waals surface area (Å²) in [5, 5.41) is 4.10. The van der Waals surface area contributed by atoms with Crippen LogP contribution >= 0.6 is 0 Å². The van der Waals surface area contributed by atoms with E-state index in [1.165, 1.54) is 4.90 Å². The number of carbonyl (C=O) groups excluding carboxylic acids is 1. The summed E-state index contributed by atoms with van der Waals surface area (Å²) in [5.41, 5.74) is -0.438. The Labute approximate surface area is 177 Å². The molecule has 166 valence electrons. The highest BCUT2D eigenvalue weighted by Crippen LogP contribution is 2.58. The maximum atomic E-state index is 13.2. The minimum absolute atomic E-state index is 0.0490. The lowest BCUT2D eigenvalue weighted by atomic mass is 9.94. The monoisotopic (exact) mass is 436 g/mol. The highest BCUT2D eigenvalue weighted by atomic mass is 19.4. The predicted octanol–water partition coefficient (Wildman–Crippen LogP) is 3.68. The van der Waals surface area contributed by atoms with Gasteiger partial charge in [0.15, 0.2) is 5.82 Å². The number of halogens is 3. The maximum Gasteiger partial charge on any atom is 0.403 e. The lowest BCUT2D eigenvalue weighted by molar-refractivity contribution is -0.199. The molecule has 2 aromatic heterocycles. The summed E-state index contributed by atoms with van der Waals surface area (Å²) in [7, 11) is 0. The molecular weight excluding hydrogens is 413 g/mol. The average Bonchev–Trinajstić information content (AvgIpc) is 3.19. The van der Waals surface area contributed by atoms with Gasteiger partial charge in [-0.05, 0) is 44.2 Å². The van der Waals surface area contributed by atoms with E-state index in [-0.39, 0.29) is 37.8 Å². The lowest BCUT2D eigenvalue weighted by Crippen LogP contribution is -2.47. The van der Waals surface area contributed by atoms with Gasteiger partial charge in [-0.2, -0.15) is 18.2 Å². The largest absolute Gasteiger partial charge is 0.403 e. The molecule has 10 heteroatoms. The van der Waals surface area contributed by atoms with Gasteiger partial charge in [0.1, 0.15) is 5.41 Å². The molecule has 5 rings (SSSR count). The fraction of sp³-hybridized carbons (Fsp3) is 0.619. The van der Waals surface area contributed by atoms with E-state index in [0.29, 0.717) is 31.2 Å². The zero-order chi connectivity index (χ0) is 21.6. The van der Waals surface area contributed by atoms with Crippen molar-refractivity contribution in [3.05, 3.63) is 29.8 Å². The van der Waals surface area contributed by atoms with Crippen molar-refractivity contribution in [2.24, 2.45) is 5.41 Å². The summed E-state index contributed by atoms with van der Waals surface area (Å²) in [5.74, 6) is 0.349. The highest BCUT2D eigenvalue weighted by molar-refractivity contribution is 5.86. The van der Waals surface area contributed by atoms with Crippen molar-refractivity contribution in [3.63, 3.8) is 0 Å². The quantitative estimate of drug-likeness (QED) is 0.727. The van der Waals surface area contributed by atoms with Crippen LogP contribution in [-0.4, -0.2) is 58.4 Å². The molecule has 2 aliphatic heterocycles. The molecule has 0 N–H and O–H groups in total. The van der Waals surface area contributed by atoms with E-state index in [1.807, 2.05) is 12.1 Å². The van der Waals surface area contributed by atoms with Crippen molar-refractivity contribution in [3.8, 4) is 11.5 Å². The zero-order valence-electron chi connectivity index (χ0n) is 16.9. The van der Waals surface area contributed by atoms with E-state index in [0.717, 1.165) is 24.3 Å². The van der Waals surface area contributed by atoms with Crippen molar-refractivity contribution < 1.29 is 27.2 Å². The molecule has 1 amide bonds. The standard InChI is InChI=1S/C21H23F3N4O3/c22-21(23,24)20(5-6-20)19(29)28-8-2-13(3-9-28)17-26-18(31-27-17)14-1-7-25-16(11-14)15-4-10-30-12-15/h1,7,11,13,15H,2-6,8-10,12H2. The van der Waals surface area contributed by atoms with Crippen LogP contribution in [0.25, 0.3) is 11.5 Å². The predicted molar refractivity (Wildman–Crippen MR) is 102 cm³/mol. The second-order valence-electron chi connectivity index (χ2n) is 8.63. The Morgan fingerprint density at radius 3 is 2.58 bits per heavy atom. The normalized spacial score (nSPS) is 23.8. The van der Waals surface area contributed by atoms with Crippen LogP contribution in [0.1, 0.15) is 55.5 Å². The molecule has 1 saturated carbocycles. The third kappa shape index (κ3) is 3.71. The number of hydrogen-bond acceptors (Lipinski definition) is 6. The highest BCUT2D eigenvalue weighted by Gasteiger charge is 2.69. The van der Waals surface area contributed by atoms with E-state index in [4.69, 9.17) is 9.26 Å². The minimum Gasteiger partial charge on any atom is -0.381 e. The summed E-state index contributed by atoms with van der Waals surface area (Å²) < 4.78 is 50.6. The Bertz CT molecular complexity index is 959. The molecule has 0 radical (unpaired) electrons. The van der Waals surface area contributed by atoms with Crippen molar-refractivity contribution in [2.75, 3.05) is 26.3 Å². The van der Waals surface area contributed by atoms with Gasteiger partial charge in [-0.3, -0.25) is 9.78 Å².